The summed E-state index contributed by atoms with van der Waals surface area (Å²) in [4.78, 5) is 0. The molecule has 0 atom stereocenters. The lowest BCUT2D eigenvalue weighted by Crippen LogP contribution is -2.57. The number of hydrogen-bond acceptors (Lipinski definition) is 0. The van der Waals surface area contributed by atoms with Crippen molar-refractivity contribution in [3.63, 3.8) is 0 Å². The molecule has 1 aliphatic rings. The van der Waals surface area contributed by atoms with Gasteiger partial charge < -0.3 is 0 Å². The molecule has 0 aromatic heterocycles. The molecule has 0 saturated carbocycles. The predicted molar refractivity (Wildman–Crippen MR) is 199 cm³/mol. The molecular weight excluding hydrogens is 539 g/mol. The van der Waals surface area contributed by atoms with E-state index >= 15 is 0 Å². The topological polar surface area (TPSA) is 0 Å². The third-order valence-electron chi connectivity index (χ3n) is 10.4. The molecule has 45 heavy (non-hydrogen) atoms. The first-order valence-corrected chi connectivity index (χ1v) is 16.7. The maximum atomic E-state index is 2.47. The lowest BCUT2D eigenvalue weighted by atomic mass is 9.33. The summed E-state index contributed by atoms with van der Waals surface area (Å²) in [6.07, 6.45) is 2.15. The Hall–Kier alpha value is -4.10. The molecule has 0 unspecified atom stereocenters. The summed E-state index contributed by atoms with van der Waals surface area (Å²) in [5.41, 5.74) is 19.8. The average Bonchev–Trinajstić information content (AvgIpc) is 2.97. The van der Waals surface area contributed by atoms with E-state index in [1.54, 1.807) is 0 Å². The van der Waals surface area contributed by atoms with E-state index in [1.807, 2.05) is 0 Å². The molecule has 6 aromatic carbocycles. The Bertz CT molecular complexity index is 2050. The van der Waals surface area contributed by atoms with Crippen molar-refractivity contribution in [2.75, 3.05) is 0 Å². The van der Waals surface area contributed by atoms with Crippen LogP contribution in [0.15, 0.2) is 84.9 Å². The fourth-order valence-corrected chi connectivity index (χ4v) is 8.58. The van der Waals surface area contributed by atoms with Crippen LogP contribution in [0.4, 0.5) is 0 Å². The highest BCUT2D eigenvalue weighted by atomic mass is 14.2. The lowest BCUT2D eigenvalue weighted by molar-refractivity contribution is 0.590. The zero-order chi connectivity index (χ0) is 31.8. The van der Waals surface area contributed by atoms with E-state index in [9.17, 15) is 0 Å². The van der Waals surface area contributed by atoms with Gasteiger partial charge in [0.25, 0.3) is 0 Å². The molecule has 0 radical (unpaired) electrons. The first kappa shape index (κ1) is 29.6. The van der Waals surface area contributed by atoms with Crippen LogP contribution in [-0.2, 0) is 18.3 Å². The molecule has 0 spiro atoms. The van der Waals surface area contributed by atoms with Gasteiger partial charge in [-0.2, -0.15) is 0 Å². The van der Waals surface area contributed by atoms with E-state index in [4.69, 9.17) is 0 Å². The van der Waals surface area contributed by atoms with Crippen LogP contribution in [0, 0.1) is 41.5 Å². The van der Waals surface area contributed by atoms with Crippen LogP contribution in [-0.4, -0.2) is 6.71 Å². The van der Waals surface area contributed by atoms with Crippen LogP contribution in [0.25, 0.3) is 32.7 Å². The van der Waals surface area contributed by atoms with Crippen LogP contribution in [0.1, 0.15) is 70.8 Å². The van der Waals surface area contributed by atoms with Gasteiger partial charge in [-0.15, -0.1) is 0 Å². The Kier molecular flexibility index (Phi) is 7.08. The second-order valence-electron chi connectivity index (χ2n) is 14.9. The minimum absolute atomic E-state index is 0.111. The van der Waals surface area contributed by atoms with Gasteiger partial charge in [0.1, 0.15) is 0 Å². The van der Waals surface area contributed by atoms with Gasteiger partial charge in [0.15, 0.2) is 0 Å². The predicted octanol–water partition coefficient (Wildman–Crippen LogP) is 9.42. The number of hydrogen-bond donors (Lipinski definition) is 0. The standard InChI is InChI=1S/C44H45B/c1-26-21-28(3)42(29(4)22-26)45(43-30(5)23-27(2)24-31(43)6)39-20-16-33-14-18-37-36(34-11-10-12-35(25-34)44(7,8)9)17-13-32-15-19-38(39)41(33)40(32)37/h10-14,16-18,20-25H,15,19H2,1-9H3. The molecule has 7 rings (SSSR count). The van der Waals surface area contributed by atoms with Crippen molar-refractivity contribution < 1.29 is 0 Å². The monoisotopic (exact) mass is 584 g/mol. The summed E-state index contributed by atoms with van der Waals surface area (Å²) in [6.45, 7) is 20.8. The van der Waals surface area contributed by atoms with Crippen molar-refractivity contribution in [1.82, 2.24) is 0 Å². The third-order valence-corrected chi connectivity index (χ3v) is 10.4. The molecule has 0 amide bonds. The summed E-state index contributed by atoms with van der Waals surface area (Å²) >= 11 is 0. The summed E-state index contributed by atoms with van der Waals surface area (Å²) in [5.74, 6) is 0. The van der Waals surface area contributed by atoms with E-state index < -0.39 is 0 Å². The summed E-state index contributed by atoms with van der Waals surface area (Å²) in [5, 5.41) is 5.67. The van der Waals surface area contributed by atoms with Crippen molar-refractivity contribution in [1.29, 1.82) is 0 Å². The molecule has 6 aromatic rings. The quantitative estimate of drug-likeness (QED) is 0.143. The zero-order valence-corrected chi connectivity index (χ0v) is 28.6. The van der Waals surface area contributed by atoms with E-state index in [-0.39, 0.29) is 12.1 Å². The zero-order valence-electron chi connectivity index (χ0n) is 28.6. The maximum Gasteiger partial charge on any atom is 0.242 e. The first-order chi connectivity index (χ1) is 21.4. The summed E-state index contributed by atoms with van der Waals surface area (Å²) in [7, 11) is 0. The highest BCUT2D eigenvalue weighted by Crippen LogP contribution is 2.40. The Morgan fingerprint density at radius 1 is 0.578 bits per heavy atom. The molecular formula is C44H45B. The van der Waals surface area contributed by atoms with Gasteiger partial charge in [-0.05, 0) is 109 Å². The number of aryl methyl sites for hydroxylation is 8. The van der Waals surface area contributed by atoms with Crippen molar-refractivity contribution in [2.45, 2.75) is 80.6 Å². The van der Waals surface area contributed by atoms with Gasteiger partial charge in [0.2, 0.25) is 6.71 Å². The number of benzene rings is 6. The minimum Gasteiger partial charge on any atom is -0.0661 e. The average molecular weight is 585 g/mol. The van der Waals surface area contributed by atoms with E-state index in [1.165, 1.54) is 99.1 Å². The Morgan fingerprint density at radius 3 is 1.78 bits per heavy atom. The highest BCUT2D eigenvalue weighted by molar-refractivity contribution is 6.97. The van der Waals surface area contributed by atoms with Crippen molar-refractivity contribution in [2.24, 2.45) is 0 Å². The van der Waals surface area contributed by atoms with Crippen LogP contribution < -0.4 is 16.4 Å². The second kappa shape index (κ2) is 10.8. The molecule has 224 valence electrons. The summed E-state index contributed by atoms with van der Waals surface area (Å²) in [6, 6.07) is 33.1. The van der Waals surface area contributed by atoms with Crippen LogP contribution in [0.5, 0.6) is 0 Å². The van der Waals surface area contributed by atoms with Crippen LogP contribution >= 0.6 is 0 Å². The van der Waals surface area contributed by atoms with Gasteiger partial charge in [-0.1, -0.05) is 155 Å². The molecule has 0 N–H and O–H groups in total. The van der Waals surface area contributed by atoms with Crippen molar-refractivity contribution >= 4 is 44.6 Å². The second-order valence-corrected chi connectivity index (χ2v) is 14.9. The fourth-order valence-electron chi connectivity index (χ4n) is 8.58. The molecule has 1 heteroatoms. The molecule has 1 aliphatic carbocycles. The molecule has 0 nitrogen and oxygen atoms in total. The molecule has 0 heterocycles. The largest absolute Gasteiger partial charge is 0.242 e. The Balaban J connectivity index is 1.55. The highest BCUT2D eigenvalue weighted by Gasteiger charge is 2.32. The van der Waals surface area contributed by atoms with Crippen molar-refractivity contribution in [3.05, 3.63) is 135 Å². The molecule has 0 aliphatic heterocycles. The number of rotatable bonds is 4. The van der Waals surface area contributed by atoms with Gasteiger partial charge >= 0.3 is 0 Å². The normalized spacial score (nSPS) is 12.8. The smallest absolute Gasteiger partial charge is 0.0661 e. The molecule has 0 fully saturated rings. The lowest BCUT2D eigenvalue weighted by Gasteiger charge is -2.29. The fraction of sp³-hybridized carbons (Fsp3) is 0.273. The molecule has 0 bridgehead atoms. The first-order valence-electron chi connectivity index (χ1n) is 16.7. The van der Waals surface area contributed by atoms with Gasteiger partial charge in [-0.3, -0.25) is 0 Å². The van der Waals surface area contributed by atoms with E-state index in [0.29, 0.717) is 0 Å². The van der Waals surface area contributed by atoms with Crippen LogP contribution in [0.2, 0.25) is 0 Å². The van der Waals surface area contributed by atoms with E-state index in [0.717, 1.165) is 12.8 Å². The van der Waals surface area contributed by atoms with Gasteiger partial charge in [0.05, 0.1) is 0 Å². The summed E-state index contributed by atoms with van der Waals surface area (Å²) < 4.78 is 0. The Morgan fingerprint density at radius 2 is 1.18 bits per heavy atom. The van der Waals surface area contributed by atoms with E-state index in [2.05, 4.69) is 147 Å². The van der Waals surface area contributed by atoms with Crippen molar-refractivity contribution in [3.8, 4) is 11.1 Å². The molecule has 0 saturated heterocycles. The Labute approximate surface area is 270 Å². The van der Waals surface area contributed by atoms with Gasteiger partial charge in [-0.25, -0.2) is 0 Å². The maximum absolute atomic E-state index is 2.47. The SMILES string of the molecule is Cc1cc(C)c(B(c2ccc3ccc4c(-c5cccc(C(C)(C)C)c5)ccc5c4c3c2CC5)c2c(C)cc(C)cc2C)c(C)c1. The minimum atomic E-state index is 0.111. The van der Waals surface area contributed by atoms with Crippen LogP contribution in [0.3, 0.4) is 0 Å². The third kappa shape index (κ3) is 4.92. The van der Waals surface area contributed by atoms with Gasteiger partial charge in [0, 0.05) is 0 Å².